The Morgan fingerprint density at radius 1 is 1.40 bits per heavy atom. The maximum Gasteiger partial charge on any atom is 0.0934 e. The summed E-state index contributed by atoms with van der Waals surface area (Å²) in [5.74, 6) is 0. The summed E-state index contributed by atoms with van der Waals surface area (Å²) in [6, 6.07) is 8.01. The van der Waals surface area contributed by atoms with Gasteiger partial charge in [-0.15, -0.1) is 0 Å². The molecular formula is C12H16N2O. The molecule has 3 heteroatoms. The molecule has 0 saturated heterocycles. The predicted molar refractivity (Wildman–Crippen MR) is 61.8 cm³/mol. The molecule has 1 aromatic carbocycles. The Hall–Kier alpha value is -1.32. The maximum absolute atomic E-state index is 9.96. The molecule has 0 spiro atoms. The van der Waals surface area contributed by atoms with E-state index in [0.29, 0.717) is 6.54 Å². The van der Waals surface area contributed by atoms with Crippen molar-refractivity contribution in [3.63, 3.8) is 0 Å². The van der Waals surface area contributed by atoms with Gasteiger partial charge in [0.1, 0.15) is 0 Å². The van der Waals surface area contributed by atoms with Crippen molar-refractivity contribution < 1.29 is 5.11 Å². The molecule has 1 heterocycles. The molecule has 1 unspecified atom stereocenters. The largest absolute Gasteiger partial charge is 0.387 e. The van der Waals surface area contributed by atoms with Crippen LogP contribution in [0.3, 0.4) is 0 Å². The molecule has 3 nitrogen and oxygen atoms in total. The number of fused-ring (bicyclic) bond motifs is 1. The topological polar surface area (TPSA) is 48.0 Å². The second-order valence-electron chi connectivity index (χ2n) is 3.61. The van der Waals surface area contributed by atoms with E-state index in [0.717, 1.165) is 23.0 Å². The zero-order chi connectivity index (χ0) is 10.7. The summed E-state index contributed by atoms with van der Waals surface area (Å²) in [6.07, 6.45) is 1.44. The summed E-state index contributed by atoms with van der Waals surface area (Å²) in [5.41, 5.74) is 2.04. The van der Waals surface area contributed by atoms with Crippen LogP contribution in [0.5, 0.6) is 0 Å². The van der Waals surface area contributed by atoms with Crippen LogP contribution >= 0.6 is 0 Å². The number of H-pyrrole nitrogens is 1. The van der Waals surface area contributed by atoms with Crippen LogP contribution in [-0.2, 0) is 0 Å². The Bertz CT molecular complexity index is 436. The van der Waals surface area contributed by atoms with Crippen LogP contribution in [0.4, 0.5) is 0 Å². The highest BCUT2D eigenvalue weighted by Gasteiger charge is 2.11. The van der Waals surface area contributed by atoms with Gasteiger partial charge in [-0.3, -0.25) is 0 Å². The van der Waals surface area contributed by atoms with Gasteiger partial charge in [0.05, 0.1) is 6.10 Å². The fraction of sp³-hybridized carbons (Fsp3) is 0.333. The molecule has 2 rings (SSSR count). The molecule has 2 aromatic rings. The first-order valence-corrected chi connectivity index (χ1v) is 5.27. The number of hydrogen-bond donors (Lipinski definition) is 3. The summed E-state index contributed by atoms with van der Waals surface area (Å²) >= 11 is 0. The Morgan fingerprint density at radius 3 is 3.00 bits per heavy atom. The molecule has 0 radical (unpaired) electrons. The summed E-state index contributed by atoms with van der Waals surface area (Å²) < 4.78 is 0. The van der Waals surface area contributed by atoms with E-state index < -0.39 is 6.10 Å². The molecule has 0 fully saturated rings. The van der Waals surface area contributed by atoms with Crippen LogP contribution < -0.4 is 5.32 Å². The number of nitrogens with one attached hydrogen (secondary N) is 2. The van der Waals surface area contributed by atoms with Gasteiger partial charge in [-0.25, -0.2) is 0 Å². The van der Waals surface area contributed by atoms with Gasteiger partial charge in [-0.05, 0) is 12.6 Å². The number of rotatable bonds is 4. The Kier molecular flexibility index (Phi) is 3.04. The van der Waals surface area contributed by atoms with Crippen molar-refractivity contribution in [3.8, 4) is 0 Å². The first kappa shape index (κ1) is 10.2. The first-order chi connectivity index (χ1) is 7.33. The van der Waals surface area contributed by atoms with Gasteiger partial charge in [0, 0.05) is 29.2 Å². The highest BCUT2D eigenvalue weighted by atomic mass is 16.3. The number of aromatic nitrogens is 1. The van der Waals surface area contributed by atoms with Crippen molar-refractivity contribution in [2.24, 2.45) is 0 Å². The lowest BCUT2D eigenvalue weighted by Gasteiger charge is -2.09. The normalized spacial score (nSPS) is 13.2. The molecule has 1 atom stereocenters. The maximum atomic E-state index is 9.96. The monoisotopic (exact) mass is 204 g/mol. The van der Waals surface area contributed by atoms with Gasteiger partial charge < -0.3 is 15.4 Å². The van der Waals surface area contributed by atoms with Crippen LogP contribution in [0, 0.1) is 0 Å². The fourth-order valence-corrected chi connectivity index (χ4v) is 1.76. The van der Waals surface area contributed by atoms with Crippen molar-refractivity contribution >= 4 is 10.9 Å². The minimum Gasteiger partial charge on any atom is -0.387 e. The zero-order valence-corrected chi connectivity index (χ0v) is 8.83. The van der Waals surface area contributed by atoms with E-state index in [1.54, 1.807) is 0 Å². The molecule has 3 N–H and O–H groups in total. The third-order valence-electron chi connectivity index (χ3n) is 2.57. The van der Waals surface area contributed by atoms with Gasteiger partial charge in [0.25, 0.3) is 0 Å². The van der Waals surface area contributed by atoms with Gasteiger partial charge >= 0.3 is 0 Å². The second kappa shape index (κ2) is 4.47. The number of hydrogen-bond acceptors (Lipinski definition) is 2. The molecule has 15 heavy (non-hydrogen) atoms. The van der Waals surface area contributed by atoms with Gasteiger partial charge in [0.15, 0.2) is 0 Å². The van der Waals surface area contributed by atoms with Crippen LogP contribution in [0.15, 0.2) is 30.5 Å². The molecule has 80 valence electrons. The lowest BCUT2D eigenvalue weighted by Crippen LogP contribution is -2.20. The van der Waals surface area contributed by atoms with Crippen molar-refractivity contribution in [3.05, 3.63) is 36.0 Å². The molecule has 0 aliphatic heterocycles. The third kappa shape index (κ3) is 2.03. The predicted octanol–water partition coefficient (Wildman–Crippen LogP) is 1.81. The van der Waals surface area contributed by atoms with Crippen LogP contribution in [-0.4, -0.2) is 23.2 Å². The Balaban J connectivity index is 2.27. The Labute approximate surface area is 89.1 Å². The minimum atomic E-state index is -0.443. The Morgan fingerprint density at radius 2 is 2.20 bits per heavy atom. The number of aliphatic hydroxyl groups excluding tert-OH is 1. The number of likely N-dealkylation sites (N-methyl/N-ethyl adjacent to an activating group) is 1. The van der Waals surface area contributed by atoms with Crippen molar-refractivity contribution in [1.82, 2.24) is 10.3 Å². The quantitative estimate of drug-likeness (QED) is 0.711. The lowest BCUT2D eigenvalue weighted by molar-refractivity contribution is 0.177. The van der Waals surface area contributed by atoms with Crippen molar-refractivity contribution in [1.29, 1.82) is 0 Å². The SMILES string of the molecule is CCNCC(O)c1c[nH]c2ccccc12. The van der Waals surface area contributed by atoms with E-state index in [2.05, 4.69) is 10.3 Å². The third-order valence-corrected chi connectivity index (χ3v) is 2.57. The van der Waals surface area contributed by atoms with E-state index in [9.17, 15) is 5.11 Å². The second-order valence-corrected chi connectivity index (χ2v) is 3.61. The number of aromatic amines is 1. The van der Waals surface area contributed by atoms with Gasteiger partial charge in [-0.2, -0.15) is 0 Å². The summed E-state index contributed by atoms with van der Waals surface area (Å²) in [7, 11) is 0. The number of para-hydroxylation sites is 1. The van der Waals surface area contributed by atoms with E-state index in [1.807, 2.05) is 37.4 Å². The van der Waals surface area contributed by atoms with E-state index >= 15 is 0 Å². The fourth-order valence-electron chi connectivity index (χ4n) is 1.76. The van der Waals surface area contributed by atoms with Gasteiger partial charge in [0.2, 0.25) is 0 Å². The van der Waals surface area contributed by atoms with E-state index in [1.165, 1.54) is 0 Å². The highest BCUT2D eigenvalue weighted by molar-refractivity contribution is 5.83. The van der Waals surface area contributed by atoms with E-state index in [-0.39, 0.29) is 0 Å². The summed E-state index contributed by atoms with van der Waals surface area (Å²) in [5, 5.41) is 14.2. The summed E-state index contributed by atoms with van der Waals surface area (Å²) in [4.78, 5) is 3.16. The first-order valence-electron chi connectivity index (χ1n) is 5.27. The lowest BCUT2D eigenvalue weighted by atomic mass is 10.1. The van der Waals surface area contributed by atoms with Crippen molar-refractivity contribution in [2.75, 3.05) is 13.1 Å². The standard InChI is InChI=1S/C12H16N2O/c1-2-13-8-12(15)10-7-14-11-6-4-3-5-9(10)11/h3-7,12-15H,2,8H2,1H3. The van der Waals surface area contributed by atoms with Gasteiger partial charge in [-0.1, -0.05) is 25.1 Å². The average molecular weight is 204 g/mol. The average Bonchev–Trinajstić information content (AvgIpc) is 2.69. The number of aliphatic hydroxyl groups is 1. The summed E-state index contributed by atoms with van der Waals surface area (Å²) in [6.45, 7) is 3.50. The van der Waals surface area contributed by atoms with Crippen molar-refractivity contribution in [2.45, 2.75) is 13.0 Å². The molecule has 0 aliphatic carbocycles. The molecule has 0 aliphatic rings. The number of benzene rings is 1. The van der Waals surface area contributed by atoms with E-state index in [4.69, 9.17) is 0 Å². The van der Waals surface area contributed by atoms with Crippen LogP contribution in [0.25, 0.3) is 10.9 Å². The molecule has 0 bridgehead atoms. The highest BCUT2D eigenvalue weighted by Crippen LogP contribution is 2.23. The van der Waals surface area contributed by atoms with Crippen LogP contribution in [0.2, 0.25) is 0 Å². The molecule has 0 saturated carbocycles. The van der Waals surface area contributed by atoms with Crippen LogP contribution in [0.1, 0.15) is 18.6 Å². The smallest absolute Gasteiger partial charge is 0.0934 e. The zero-order valence-electron chi connectivity index (χ0n) is 8.83. The molecule has 0 amide bonds. The molecule has 1 aromatic heterocycles. The molecular weight excluding hydrogens is 188 g/mol. The minimum absolute atomic E-state index is 0.443.